The summed E-state index contributed by atoms with van der Waals surface area (Å²) in [4.78, 5) is 11.8. The summed E-state index contributed by atoms with van der Waals surface area (Å²) >= 11 is 9.68. The van der Waals surface area contributed by atoms with Gasteiger partial charge in [0.2, 0.25) is 5.91 Å². The summed E-state index contributed by atoms with van der Waals surface area (Å²) in [6.07, 6.45) is 1.74. The molecule has 2 N–H and O–H groups in total. The first-order valence-electron chi connectivity index (χ1n) is 7.12. The molecule has 0 bridgehead atoms. The number of nitrogens with zero attached hydrogens (tertiary/aromatic N) is 3. The molecule has 11 heteroatoms. The standard InChI is InChI=1S/C14H16Cl2N4O4S/c1-14(8-25(23)24,13(21)18-22)5-6-20-7-11(17-19-20)9-3-2-4-10(15)12(9)16/h2-4,7,22H,5-6,8H2,1H3,(H,18,21)(H,23,24)/p-1/t14-/m0/s1. The van der Waals surface area contributed by atoms with E-state index in [2.05, 4.69) is 10.3 Å². The van der Waals surface area contributed by atoms with Crippen LogP contribution in [0.4, 0.5) is 0 Å². The topological polar surface area (TPSA) is 120 Å². The van der Waals surface area contributed by atoms with Gasteiger partial charge in [-0.15, -0.1) is 5.10 Å². The molecule has 25 heavy (non-hydrogen) atoms. The Morgan fingerprint density at radius 3 is 2.84 bits per heavy atom. The number of carbonyl (C=O) groups excluding carboxylic acids is 1. The molecule has 1 aromatic heterocycles. The van der Waals surface area contributed by atoms with E-state index in [1.54, 1.807) is 24.4 Å². The predicted molar refractivity (Wildman–Crippen MR) is 91.9 cm³/mol. The van der Waals surface area contributed by atoms with Crippen LogP contribution in [0.1, 0.15) is 13.3 Å². The van der Waals surface area contributed by atoms with Crippen molar-refractivity contribution in [2.45, 2.75) is 19.9 Å². The molecule has 0 aliphatic heterocycles. The highest BCUT2D eigenvalue weighted by molar-refractivity contribution is 7.79. The number of benzene rings is 1. The molecule has 2 aromatic rings. The maximum Gasteiger partial charge on any atom is 0.250 e. The summed E-state index contributed by atoms with van der Waals surface area (Å²) in [7, 11) is 0. The highest BCUT2D eigenvalue weighted by Gasteiger charge is 2.33. The average Bonchev–Trinajstić information content (AvgIpc) is 3.03. The van der Waals surface area contributed by atoms with Crippen LogP contribution < -0.4 is 5.48 Å². The quantitative estimate of drug-likeness (QED) is 0.413. The molecule has 136 valence electrons. The molecule has 1 unspecified atom stereocenters. The lowest BCUT2D eigenvalue weighted by atomic mass is 9.88. The third-order valence-electron chi connectivity index (χ3n) is 3.75. The first-order valence-corrected chi connectivity index (χ1v) is 9.12. The van der Waals surface area contributed by atoms with E-state index < -0.39 is 28.2 Å². The van der Waals surface area contributed by atoms with Crippen molar-refractivity contribution in [3.05, 3.63) is 34.4 Å². The Bertz CT molecular complexity index is 801. The number of hydrogen-bond donors (Lipinski definition) is 2. The Labute approximate surface area is 156 Å². The van der Waals surface area contributed by atoms with E-state index in [-0.39, 0.29) is 13.0 Å². The van der Waals surface area contributed by atoms with Crippen LogP contribution in [0.2, 0.25) is 10.0 Å². The maximum absolute atomic E-state index is 11.8. The van der Waals surface area contributed by atoms with E-state index in [4.69, 9.17) is 28.4 Å². The second kappa shape index (κ2) is 8.24. The third-order valence-corrected chi connectivity index (χ3v) is 5.44. The van der Waals surface area contributed by atoms with Crippen LogP contribution in [-0.4, -0.2) is 40.6 Å². The minimum Gasteiger partial charge on any atom is -0.772 e. The van der Waals surface area contributed by atoms with E-state index in [1.807, 2.05) is 0 Å². The summed E-state index contributed by atoms with van der Waals surface area (Å²) < 4.78 is 23.4. The van der Waals surface area contributed by atoms with Gasteiger partial charge >= 0.3 is 0 Å². The maximum atomic E-state index is 11.8. The Morgan fingerprint density at radius 1 is 1.48 bits per heavy atom. The van der Waals surface area contributed by atoms with Gasteiger partial charge in [0, 0.05) is 17.9 Å². The number of rotatable bonds is 7. The summed E-state index contributed by atoms with van der Waals surface area (Å²) in [6, 6.07) is 5.13. The highest BCUT2D eigenvalue weighted by atomic mass is 35.5. The van der Waals surface area contributed by atoms with Crippen molar-refractivity contribution in [2.24, 2.45) is 5.41 Å². The summed E-state index contributed by atoms with van der Waals surface area (Å²) in [5.74, 6) is -1.21. The predicted octanol–water partition coefficient (Wildman–Crippen LogP) is 2.03. The van der Waals surface area contributed by atoms with Crippen LogP contribution in [0.15, 0.2) is 24.4 Å². The van der Waals surface area contributed by atoms with Crippen molar-refractivity contribution >= 4 is 40.2 Å². The lowest BCUT2D eigenvalue weighted by Crippen LogP contribution is -2.42. The fourth-order valence-corrected chi connectivity index (χ4v) is 3.43. The first-order chi connectivity index (χ1) is 11.8. The van der Waals surface area contributed by atoms with Crippen LogP contribution in [0.25, 0.3) is 11.3 Å². The van der Waals surface area contributed by atoms with Crippen LogP contribution in [0, 0.1) is 5.41 Å². The van der Waals surface area contributed by atoms with Gasteiger partial charge in [-0.05, 0) is 19.4 Å². The molecule has 0 saturated heterocycles. The number of aryl methyl sites for hydroxylation is 1. The van der Waals surface area contributed by atoms with Gasteiger partial charge < -0.3 is 4.55 Å². The van der Waals surface area contributed by atoms with E-state index in [0.717, 1.165) is 0 Å². The molecular formula is C14H15Cl2N4O4S-. The number of amides is 1. The monoisotopic (exact) mass is 405 g/mol. The highest BCUT2D eigenvalue weighted by Crippen LogP contribution is 2.32. The molecule has 1 aromatic carbocycles. The smallest absolute Gasteiger partial charge is 0.250 e. The third kappa shape index (κ3) is 4.77. The van der Waals surface area contributed by atoms with Crippen molar-refractivity contribution in [3.63, 3.8) is 0 Å². The van der Waals surface area contributed by atoms with Gasteiger partial charge in [-0.25, -0.2) is 5.48 Å². The van der Waals surface area contributed by atoms with Crippen molar-refractivity contribution in [3.8, 4) is 11.3 Å². The van der Waals surface area contributed by atoms with Crippen LogP contribution in [0.5, 0.6) is 0 Å². The average molecular weight is 406 g/mol. The van der Waals surface area contributed by atoms with Crippen LogP contribution in [-0.2, 0) is 22.4 Å². The Balaban J connectivity index is 2.16. The molecule has 0 aliphatic rings. The van der Waals surface area contributed by atoms with Crippen molar-refractivity contribution in [2.75, 3.05) is 5.75 Å². The number of aromatic nitrogens is 3. The van der Waals surface area contributed by atoms with Gasteiger partial charge in [-0.1, -0.05) is 51.6 Å². The van der Waals surface area contributed by atoms with Gasteiger partial charge in [0.25, 0.3) is 0 Å². The fraction of sp³-hybridized carbons (Fsp3) is 0.357. The Hall–Kier alpha value is -1.52. The second-order valence-corrected chi connectivity index (χ2v) is 7.35. The molecule has 0 aliphatic carbocycles. The second-order valence-electron chi connectivity index (χ2n) is 5.67. The zero-order chi connectivity index (χ0) is 18.6. The molecule has 0 fully saturated rings. The van der Waals surface area contributed by atoms with E-state index >= 15 is 0 Å². The summed E-state index contributed by atoms with van der Waals surface area (Å²) in [5, 5.41) is 17.5. The summed E-state index contributed by atoms with van der Waals surface area (Å²) in [6.45, 7) is 1.66. The Morgan fingerprint density at radius 2 is 2.20 bits per heavy atom. The van der Waals surface area contributed by atoms with Gasteiger partial charge in [0.15, 0.2) is 0 Å². The minimum atomic E-state index is -2.44. The first kappa shape index (κ1) is 19.8. The lowest BCUT2D eigenvalue weighted by Gasteiger charge is -2.27. The van der Waals surface area contributed by atoms with Crippen molar-refractivity contribution in [1.82, 2.24) is 20.5 Å². The molecular weight excluding hydrogens is 391 g/mol. The number of carbonyl (C=O) groups is 1. The zero-order valence-electron chi connectivity index (χ0n) is 13.1. The number of nitrogens with one attached hydrogen (secondary N) is 1. The molecule has 8 nitrogen and oxygen atoms in total. The molecule has 0 spiro atoms. The molecule has 0 radical (unpaired) electrons. The molecule has 2 rings (SSSR count). The van der Waals surface area contributed by atoms with Gasteiger partial charge in [-0.3, -0.25) is 18.9 Å². The van der Waals surface area contributed by atoms with Gasteiger partial charge in [-0.2, -0.15) is 0 Å². The minimum absolute atomic E-state index is 0.124. The summed E-state index contributed by atoms with van der Waals surface area (Å²) in [5.41, 5.74) is 1.30. The van der Waals surface area contributed by atoms with Gasteiger partial charge in [0.05, 0.1) is 21.7 Å². The van der Waals surface area contributed by atoms with Crippen LogP contribution >= 0.6 is 23.2 Å². The molecule has 0 saturated carbocycles. The molecule has 1 heterocycles. The van der Waals surface area contributed by atoms with Crippen LogP contribution in [0.3, 0.4) is 0 Å². The SMILES string of the molecule is C[C@](CCn1cc(-c2cccc(Cl)c2Cl)nn1)(CS(=O)[O-])C(=O)NO. The molecule has 1 amide bonds. The normalized spacial score (nSPS) is 14.8. The zero-order valence-corrected chi connectivity index (χ0v) is 15.4. The number of halogens is 2. The van der Waals surface area contributed by atoms with E-state index in [1.165, 1.54) is 17.1 Å². The Kier molecular flexibility index (Phi) is 6.53. The lowest BCUT2D eigenvalue weighted by molar-refractivity contribution is -0.138. The number of hydroxylamine groups is 1. The largest absolute Gasteiger partial charge is 0.772 e. The van der Waals surface area contributed by atoms with Gasteiger partial charge in [0.1, 0.15) is 5.69 Å². The number of hydrogen-bond acceptors (Lipinski definition) is 6. The van der Waals surface area contributed by atoms with E-state index in [9.17, 15) is 13.6 Å². The van der Waals surface area contributed by atoms with E-state index in [0.29, 0.717) is 21.3 Å². The fourth-order valence-electron chi connectivity index (χ4n) is 2.24. The van der Waals surface area contributed by atoms with Crippen molar-refractivity contribution in [1.29, 1.82) is 0 Å². The molecule has 2 atom stereocenters. The van der Waals surface area contributed by atoms with Crippen molar-refractivity contribution < 1.29 is 18.8 Å².